The number of methoxy groups -OCH3 is 1. The molecule has 0 aliphatic heterocycles. The van der Waals surface area contributed by atoms with Gasteiger partial charge in [0.1, 0.15) is 11.4 Å². The van der Waals surface area contributed by atoms with Gasteiger partial charge in [0.05, 0.1) is 7.11 Å². The summed E-state index contributed by atoms with van der Waals surface area (Å²) in [6.45, 7) is 4.28. The van der Waals surface area contributed by atoms with Crippen molar-refractivity contribution in [2.24, 2.45) is 0 Å². The van der Waals surface area contributed by atoms with Gasteiger partial charge >= 0.3 is 0 Å². The Balaban J connectivity index is 1.69. The maximum Gasteiger partial charge on any atom is 0.274 e. The van der Waals surface area contributed by atoms with Crippen LogP contribution in [0.1, 0.15) is 35.8 Å². The highest BCUT2D eigenvalue weighted by Gasteiger charge is 2.09. The average Bonchev–Trinajstić information content (AvgIpc) is 2.69. The third-order valence-electron chi connectivity index (χ3n) is 4.21. The Labute approximate surface area is 159 Å². The molecule has 2 N–H and O–H groups in total. The Kier molecular flexibility index (Phi) is 5.71. The van der Waals surface area contributed by atoms with Gasteiger partial charge in [-0.2, -0.15) is 0 Å². The van der Waals surface area contributed by atoms with Crippen molar-refractivity contribution >= 4 is 23.0 Å². The van der Waals surface area contributed by atoms with Gasteiger partial charge in [0.25, 0.3) is 5.91 Å². The summed E-state index contributed by atoms with van der Waals surface area (Å²) in [5.74, 6) is 1.00. The van der Waals surface area contributed by atoms with Crippen LogP contribution in [0.5, 0.6) is 5.75 Å². The van der Waals surface area contributed by atoms with E-state index in [4.69, 9.17) is 4.74 Å². The molecule has 138 valence electrons. The number of ether oxygens (including phenoxy) is 1. The zero-order valence-electron chi connectivity index (χ0n) is 15.7. The predicted octanol–water partition coefficient (Wildman–Crippen LogP) is 5.21. The predicted molar refractivity (Wildman–Crippen MR) is 109 cm³/mol. The second-order valence-electron chi connectivity index (χ2n) is 6.51. The lowest BCUT2D eigenvalue weighted by atomic mass is 10.0. The summed E-state index contributed by atoms with van der Waals surface area (Å²) in [5.41, 5.74) is 4.02. The van der Waals surface area contributed by atoms with E-state index in [0.717, 1.165) is 22.8 Å². The zero-order chi connectivity index (χ0) is 19.2. The van der Waals surface area contributed by atoms with E-state index in [9.17, 15) is 4.79 Å². The number of hydrogen-bond acceptors (Lipinski definition) is 4. The zero-order valence-corrected chi connectivity index (χ0v) is 15.7. The molecule has 1 aromatic heterocycles. The van der Waals surface area contributed by atoms with Crippen LogP contribution in [0.3, 0.4) is 0 Å². The van der Waals surface area contributed by atoms with Crippen LogP contribution in [0.2, 0.25) is 0 Å². The van der Waals surface area contributed by atoms with E-state index in [-0.39, 0.29) is 5.91 Å². The topological polar surface area (TPSA) is 63.2 Å². The molecule has 3 aromatic rings. The van der Waals surface area contributed by atoms with E-state index < -0.39 is 0 Å². The minimum absolute atomic E-state index is 0.245. The van der Waals surface area contributed by atoms with E-state index in [2.05, 4.69) is 29.5 Å². The van der Waals surface area contributed by atoms with E-state index in [1.165, 1.54) is 5.56 Å². The van der Waals surface area contributed by atoms with E-state index >= 15 is 0 Å². The first-order valence-corrected chi connectivity index (χ1v) is 8.83. The molecule has 0 fully saturated rings. The maximum absolute atomic E-state index is 12.5. The van der Waals surface area contributed by atoms with Crippen molar-refractivity contribution in [3.8, 4) is 5.75 Å². The van der Waals surface area contributed by atoms with E-state index in [0.29, 0.717) is 11.6 Å². The third kappa shape index (κ3) is 4.85. The van der Waals surface area contributed by atoms with E-state index in [1.807, 2.05) is 54.6 Å². The summed E-state index contributed by atoms with van der Waals surface area (Å²) in [6.07, 6.45) is 1.61. The monoisotopic (exact) mass is 361 g/mol. The number of aromatic nitrogens is 1. The molecule has 5 heteroatoms. The molecule has 27 heavy (non-hydrogen) atoms. The summed E-state index contributed by atoms with van der Waals surface area (Å²) in [6, 6.07) is 19.0. The standard InChI is InChI=1S/C22H23N3O2/c1-15(2)16-4-6-18(7-5-16)25-22(26)21-14-19(12-13-23-21)24-17-8-10-20(27-3)11-9-17/h4-15H,1-3H3,(H,23,24)(H,25,26). The Morgan fingerprint density at radius 3 is 2.22 bits per heavy atom. The molecule has 0 aliphatic rings. The number of nitrogens with one attached hydrogen (secondary N) is 2. The summed E-state index contributed by atoms with van der Waals surface area (Å²) in [5, 5.41) is 6.14. The molecule has 0 saturated carbocycles. The number of carbonyl (C=O) groups is 1. The molecule has 5 nitrogen and oxygen atoms in total. The molecule has 1 heterocycles. The molecular weight excluding hydrogens is 338 g/mol. The highest BCUT2D eigenvalue weighted by atomic mass is 16.5. The van der Waals surface area contributed by atoms with Crippen LogP contribution >= 0.6 is 0 Å². The smallest absolute Gasteiger partial charge is 0.274 e. The first-order chi connectivity index (χ1) is 13.0. The van der Waals surface area contributed by atoms with Crippen molar-refractivity contribution in [2.75, 3.05) is 17.7 Å². The molecule has 0 unspecified atom stereocenters. The van der Waals surface area contributed by atoms with Crippen LogP contribution in [0.15, 0.2) is 66.9 Å². The lowest BCUT2D eigenvalue weighted by Crippen LogP contribution is -2.13. The van der Waals surface area contributed by atoms with Gasteiger partial charge in [0.15, 0.2) is 0 Å². The molecule has 0 radical (unpaired) electrons. The van der Waals surface area contributed by atoms with Crippen LogP contribution in [-0.2, 0) is 0 Å². The Bertz CT molecular complexity index is 904. The van der Waals surface area contributed by atoms with Gasteiger partial charge in [-0.1, -0.05) is 26.0 Å². The Hall–Kier alpha value is -3.34. The molecule has 2 aromatic carbocycles. The van der Waals surface area contributed by atoms with Gasteiger partial charge in [0, 0.05) is 23.3 Å². The first kappa shape index (κ1) is 18.5. The molecule has 0 atom stereocenters. The second kappa shape index (κ2) is 8.36. The fraction of sp³-hybridized carbons (Fsp3) is 0.182. The summed E-state index contributed by atoms with van der Waals surface area (Å²) < 4.78 is 5.16. The van der Waals surface area contributed by atoms with Gasteiger partial charge in [0.2, 0.25) is 0 Å². The highest BCUT2D eigenvalue weighted by molar-refractivity contribution is 6.03. The van der Waals surface area contributed by atoms with Crippen LogP contribution < -0.4 is 15.4 Å². The Morgan fingerprint density at radius 2 is 1.59 bits per heavy atom. The molecule has 0 bridgehead atoms. The number of pyridine rings is 1. The Morgan fingerprint density at radius 1 is 0.926 bits per heavy atom. The number of rotatable bonds is 6. The van der Waals surface area contributed by atoms with Gasteiger partial charge in [-0.15, -0.1) is 0 Å². The van der Waals surface area contributed by atoms with Crippen molar-refractivity contribution in [2.45, 2.75) is 19.8 Å². The van der Waals surface area contributed by atoms with Crippen LogP contribution in [0.25, 0.3) is 0 Å². The van der Waals surface area contributed by atoms with E-state index in [1.54, 1.807) is 19.4 Å². The first-order valence-electron chi connectivity index (χ1n) is 8.83. The maximum atomic E-state index is 12.5. The number of anilines is 3. The van der Waals surface area contributed by atoms with Crippen molar-refractivity contribution in [3.05, 3.63) is 78.1 Å². The molecule has 3 rings (SSSR count). The molecule has 0 aliphatic carbocycles. The minimum atomic E-state index is -0.245. The highest BCUT2D eigenvalue weighted by Crippen LogP contribution is 2.21. The number of benzene rings is 2. The fourth-order valence-electron chi connectivity index (χ4n) is 2.62. The number of hydrogen-bond donors (Lipinski definition) is 2. The second-order valence-corrected chi connectivity index (χ2v) is 6.51. The lowest BCUT2D eigenvalue weighted by molar-refractivity contribution is 0.102. The summed E-state index contributed by atoms with van der Waals surface area (Å²) >= 11 is 0. The molecule has 0 spiro atoms. The lowest BCUT2D eigenvalue weighted by Gasteiger charge is -2.10. The van der Waals surface area contributed by atoms with Crippen molar-refractivity contribution in [1.82, 2.24) is 4.98 Å². The summed E-state index contributed by atoms with van der Waals surface area (Å²) in [7, 11) is 1.63. The average molecular weight is 361 g/mol. The number of amides is 1. The summed E-state index contributed by atoms with van der Waals surface area (Å²) in [4.78, 5) is 16.7. The molecule has 0 saturated heterocycles. The number of carbonyl (C=O) groups excluding carboxylic acids is 1. The minimum Gasteiger partial charge on any atom is -0.497 e. The number of nitrogens with zero attached hydrogens (tertiary/aromatic N) is 1. The van der Waals surface area contributed by atoms with Crippen molar-refractivity contribution in [3.63, 3.8) is 0 Å². The van der Waals surface area contributed by atoms with Gasteiger partial charge in [-0.25, -0.2) is 0 Å². The van der Waals surface area contributed by atoms with Gasteiger partial charge in [-0.05, 0) is 60.0 Å². The van der Waals surface area contributed by atoms with Crippen LogP contribution in [0.4, 0.5) is 17.1 Å². The van der Waals surface area contributed by atoms with Crippen molar-refractivity contribution in [1.29, 1.82) is 0 Å². The van der Waals surface area contributed by atoms with Crippen LogP contribution in [-0.4, -0.2) is 18.0 Å². The SMILES string of the molecule is COc1ccc(Nc2ccnc(C(=O)Nc3ccc(C(C)C)cc3)c2)cc1. The largest absolute Gasteiger partial charge is 0.497 e. The van der Waals surface area contributed by atoms with Gasteiger partial charge in [-0.3, -0.25) is 9.78 Å². The third-order valence-corrected chi connectivity index (χ3v) is 4.21. The molecular formula is C22H23N3O2. The molecule has 1 amide bonds. The van der Waals surface area contributed by atoms with Crippen molar-refractivity contribution < 1.29 is 9.53 Å². The van der Waals surface area contributed by atoms with Crippen LogP contribution in [0, 0.1) is 0 Å². The van der Waals surface area contributed by atoms with Gasteiger partial charge < -0.3 is 15.4 Å². The quantitative estimate of drug-likeness (QED) is 0.633. The fourth-order valence-corrected chi connectivity index (χ4v) is 2.62. The normalized spacial score (nSPS) is 10.5.